The van der Waals surface area contributed by atoms with Crippen molar-refractivity contribution in [2.24, 2.45) is 15.9 Å². The molecule has 3 rings (SSSR count). The Balaban J connectivity index is 1.57. The molecule has 3 aromatic rings. The zero-order chi connectivity index (χ0) is 21.2. The van der Waals surface area contributed by atoms with E-state index in [4.69, 9.17) is 26.8 Å². The number of nitrogens with two attached hydrogens (primary N) is 1. The van der Waals surface area contributed by atoms with Crippen LogP contribution < -0.4 is 15.2 Å². The van der Waals surface area contributed by atoms with E-state index >= 15 is 0 Å². The average molecular weight is 440 g/mol. The maximum atomic E-state index is 5.92. The third-order valence-electron chi connectivity index (χ3n) is 4.09. The fraction of sp³-hybridized carbons (Fsp3) is 0.130. The number of methoxy groups -OCH3 is 1. The highest BCUT2D eigenvalue weighted by Crippen LogP contribution is 2.28. The van der Waals surface area contributed by atoms with Crippen LogP contribution in [0.25, 0.3) is 0 Å². The SMILES string of the molecule is COc1cc(C=NN=C(N)SCc2ccccc2)ccc1OCc1ccc(Cl)cc1. The van der Waals surface area contributed by atoms with E-state index in [2.05, 4.69) is 10.2 Å². The monoisotopic (exact) mass is 439 g/mol. The van der Waals surface area contributed by atoms with Gasteiger partial charge in [0, 0.05) is 10.8 Å². The van der Waals surface area contributed by atoms with Crippen LogP contribution in [0.2, 0.25) is 5.02 Å². The summed E-state index contributed by atoms with van der Waals surface area (Å²) in [4.78, 5) is 0. The topological polar surface area (TPSA) is 69.2 Å². The lowest BCUT2D eigenvalue weighted by Crippen LogP contribution is -2.06. The second kappa shape index (κ2) is 11.3. The molecule has 154 valence electrons. The summed E-state index contributed by atoms with van der Waals surface area (Å²) < 4.78 is 11.3. The van der Waals surface area contributed by atoms with Crippen LogP contribution >= 0.6 is 23.4 Å². The molecule has 3 aromatic carbocycles. The van der Waals surface area contributed by atoms with Crippen molar-refractivity contribution in [3.63, 3.8) is 0 Å². The average Bonchev–Trinajstić information content (AvgIpc) is 2.78. The standard InChI is InChI=1S/C23H22ClN3O2S/c1-28-22-13-19(9-12-21(22)29-15-17-7-10-20(24)11-8-17)14-26-27-23(25)30-16-18-5-3-2-4-6-18/h2-14H,15-16H2,1H3,(H2,25,27). The number of halogens is 1. The second-order valence-corrected chi connectivity index (χ2v) is 7.71. The second-order valence-electron chi connectivity index (χ2n) is 6.28. The summed E-state index contributed by atoms with van der Waals surface area (Å²) in [6.45, 7) is 0.417. The lowest BCUT2D eigenvalue weighted by atomic mass is 10.2. The number of nitrogens with zero attached hydrogens (tertiary/aromatic N) is 2. The van der Waals surface area contributed by atoms with E-state index in [-0.39, 0.29) is 0 Å². The minimum absolute atomic E-state index is 0.407. The molecule has 0 unspecified atom stereocenters. The van der Waals surface area contributed by atoms with Crippen LogP contribution in [0.5, 0.6) is 11.5 Å². The maximum Gasteiger partial charge on any atom is 0.180 e. The molecule has 0 aromatic heterocycles. The molecule has 0 aliphatic heterocycles. The highest BCUT2D eigenvalue weighted by Gasteiger charge is 2.06. The highest BCUT2D eigenvalue weighted by molar-refractivity contribution is 8.13. The van der Waals surface area contributed by atoms with Gasteiger partial charge in [0.2, 0.25) is 0 Å². The van der Waals surface area contributed by atoms with Crippen molar-refractivity contribution in [1.82, 2.24) is 0 Å². The molecule has 0 bridgehead atoms. The van der Waals surface area contributed by atoms with Gasteiger partial charge in [0.1, 0.15) is 6.61 Å². The molecule has 30 heavy (non-hydrogen) atoms. The normalized spacial score (nSPS) is 11.6. The zero-order valence-electron chi connectivity index (χ0n) is 16.5. The Hall–Kier alpha value is -2.96. The van der Waals surface area contributed by atoms with Crippen molar-refractivity contribution >= 4 is 34.7 Å². The largest absolute Gasteiger partial charge is 0.493 e. The summed E-state index contributed by atoms with van der Waals surface area (Å²) in [5.74, 6) is 2.01. The molecule has 0 saturated carbocycles. The number of benzene rings is 3. The molecule has 0 radical (unpaired) electrons. The van der Waals surface area contributed by atoms with Gasteiger partial charge >= 0.3 is 0 Å². The summed E-state index contributed by atoms with van der Waals surface area (Å²) in [6.07, 6.45) is 1.63. The first-order valence-electron chi connectivity index (χ1n) is 9.22. The third kappa shape index (κ3) is 6.83. The van der Waals surface area contributed by atoms with Crippen LogP contribution in [0.15, 0.2) is 83.0 Å². The van der Waals surface area contributed by atoms with Crippen molar-refractivity contribution < 1.29 is 9.47 Å². The maximum absolute atomic E-state index is 5.92. The fourth-order valence-electron chi connectivity index (χ4n) is 2.54. The Morgan fingerprint density at radius 1 is 1.00 bits per heavy atom. The van der Waals surface area contributed by atoms with Crippen LogP contribution in [-0.4, -0.2) is 18.5 Å². The van der Waals surface area contributed by atoms with E-state index in [1.807, 2.05) is 72.8 Å². The number of ether oxygens (including phenoxy) is 2. The molecule has 0 atom stereocenters. The van der Waals surface area contributed by atoms with Gasteiger partial charge in [-0.3, -0.25) is 0 Å². The van der Waals surface area contributed by atoms with E-state index in [1.165, 1.54) is 17.3 Å². The first-order chi connectivity index (χ1) is 14.6. The first-order valence-corrected chi connectivity index (χ1v) is 10.6. The summed E-state index contributed by atoms with van der Waals surface area (Å²) in [6, 6.07) is 23.2. The molecule has 7 heteroatoms. The predicted molar refractivity (Wildman–Crippen MR) is 126 cm³/mol. The molecule has 0 heterocycles. The highest BCUT2D eigenvalue weighted by atomic mass is 35.5. The summed E-state index contributed by atoms with van der Waals surface area (Å²) in [7, 11) is 1.60. The van der Waals surface area contributed by atoms with Crippen molar-refractivity contribution in [2.45, 2.75) is 12.4 Å². The van der Waals surface area contributed by atoms with Gasteiger partial charge in [0.25, 0.3) is 0 Å². The lowest BCUT2D eigenvalue weighted by Gasteiger charge is -2.11. The Morgan fingerprint density at radius 2 is 1.77 bits per heavy atom. The minimum atomic E-state index is 0.407. The molecule has 2 N–H and O–H groups in total. The quantitative estimate of drug-likeness (QED) is 0.285. The molecule has 0 aliphatic carbocycles. The Kier molecular flexibility index (Phi) is 8.18. The number of rotatable bonds is 8. The summed E-state index contributed by atoms with van der Waals surface area (Å²) in [5, 5.41) is 9.21. The molecular formula is C23H22ClN3O2S. The molecule has 0 amide bonds. The van der Waals surface area contributed by atoms with Crippen LogP contribution in [0.1, 0.15) is 16.7 Å². The van der Waals surface area contributed by atoms with Crippen LogP contribution in [0.3, 0.4) is 0 Å². The van der Waals surface area contributed by atoms with Crippen LogP contribution in [0.4, 0.5) is 0 Å². The van der Waals surface area contributed by atoms with E-state index < -0.39 is 0 Å². The van der Waals surface area contributed by atoms with Crippen molar-refractivity contribution in [3.05, 3.63) is 94.5 Å². The van der Waals surface area contributed by atoms with Gasteiger partial charge in [-0.05, 0) is 47.0 Å². The number of thioether (sulfide) groups is 1. The van der Waals surface area contributed by atoms with Gasteiger partial charge in [-0.1, -0.05) is 65.8 Å². The van der Waals surface area contributed by atoms with Gasteiger partial charge in [-0.25, -0.2) is 0 Å². The Labute approximate surface area is 185 Å². The van der Waals surface area contributed by atoms with Gasteiger partial charge in [-0.15, -0.1) is 5.10 Å². The molecular weight excluding hydrogens is 418 g/mol. The van der Waals surface area contributed by atoms with Crippen molar-refractivity contribution in [1.29, 1.82) is 0 Å². The summed E-state index contributed by atoms with van der Waals surface area (Å²) in [5.41, 5.74) is 8.95. The smallest absolute Gasteiger partial charge is 0.180 e. The van der Waals surface area contributed by atoms with Crippen molar-refractivity contribution in [3.8, 4) is 11.5 Å². The first kappa shape index (κ1) is 21.7. The number of hydrogen-bond acceptors (Lipinski definition) is 5. The van der Waals surface area contributed by atoms with Gasteiger partial charge in [0.05, 0.1) is 13.3 Å². The third-order valence-corrected chi connectivity index (χ3v) is 5.19. The molecule has 0 spiro atoms. The lowest BCUT2D eigenvalue weighted by molar-refractivity contribution is 0.284. The van der Waals surface area contributed by atoms with E-state index in [9.17, 15) is 0 Å². The van der Waals surface area contributed by atoms with E-state index in [0.29, 0.717) is 28.3 Å². The van der Waals surface area contributed by atoms with Crippen LogP contribution in [-0.2, 0) is 12.4 Å². The molecule has 5 nitrogen and oxygen atoms in total. The number of hydrogen-bond donors (Lipinski definition) is 1. The van der Waals surface area contributed by atoms with Gasteiger partial charge < -0.3 is 15.2 Å². The molecule has 0 saturated heterocycles. The Bertz CT molecular complexity index is 1010. The van der Waals surface area contributed by atoms with Gasteiger partial charge in [-0.2, -0.15) is 5.10 Å². The predicted octanol–water partition coefficient (Wildman–Crippen LogP) is 5.51. The van der Waals surface area contributed by atoms with E-state index in [1.54, 1.807) is 13.3 Å². The Morgan fingerprint density at radius 3 is 2.50 bits per heavy atom. The fourth-order valence-corrected chi connectivity index (χ4v) is 3.28. The molecule has 0 fully saturated rings. The zero-order valence-corrected chi connectivity index (χ0v) is 18.1. The van der Waals surface area contributed by atoms with E-state index in [0.717, 1.165) is 16.9 Å². The van der Waals surface area contributed by atoms with Crippen LogP contribution in [0, 0.1) is 0 Å². The van der Waals surface area contributed by atoms with Crippen molar-refractivity contribution in [2.75, 3.05) is 7.11 Å². The van der Waals surface area contributed by atoms with Gasteiger partial charge in [0.15, 0.2) is 16.7 Å². The summed E-state index contributed by atoms with van der Waals surface area (Å²) >= 11 is 7.35. The number of amidine groups is 1. The molecule has 0 aliphatic rings. The minimum Gasteiger partial charge on any atom is -0.493 e.